The number of aliphatic hydroxyl groups is 1. The van der Waals surface area contributed by atoms with E-state index in [1.165, 1.54) is 4.90 Å². The van der Waals surface area contributed by atoms with E-state index in [1.807, 2.05) is 12.1 Å². The van der Waals surface area contributed by atoms with Gasteiger partial charge >= 0.3 is 0 Å². The molecule has 146 valence electrons. The number of carbonyl (C=O) groups is 2. The lowest BCUT2D eigenvalue weighted by atomic mass is 9.88. The quantitative estimate of drug-likeness (QED) is 0.496. The molecule has 1 aliphatic heterocycles. The first kappa shape index (κ1) is 19.2. The summed E-state index contributed by atoms with van der Waals surface area (Å²) in [5.74, 6) is -0.846. The van der Waals surface area contributed by atoms with E-state index in [2.05, 4.69) is 0 Å². The molecular formula is C23H19ClN2O3. The second-order valence-corrected chi connectivity index (χ2v) is 7.55. The number of ketones is 1. The number of benzene rings is 3. The summed E-state index contributed by atoms with van der Waals surface area (Å²) in [6.07, 6.45) is -0.343. The molecule has 0 saturated carbocycles. The smallest absolute Gasteiger partial charge is 0.264 e. The highest BCUT2D eigenvalue weighted by molar-refractivity contribution is 6.30. The number of fused-ring (bicyclic) bond motifs is 1. The maximum atomic E-state index is 13.3. The summed E-state index contributed by atoms with van der Waals surface area (Å²) in [5, 5.41) is 11.9. The average Bonchev–Trinajstić information content (AvgIpc) is 2.92. The van der Waals surface area contributed by atoms with Crippen LogP contribution in [0.3, 0.4) is 0 Å². The molecule has 3 aromatic carbocycles. The molecule has 0 saturated heterocycles. The van der Waals surface area contributed by atoms with Crippen molar-refractivity contribution >= 4 is 34.7 Å². The van der Waals surface area contributed by atoms with Crippen LogP contribution in [0, 0.1) is 0 Å². The Morgan fingerprint density at radius 2 is 1.66 bits per heavy atom. The maximum Gasteiger partial charge on any atom is 0.264 e. The first-order valence-corrected chi connectivity index (χ1v) is 9.53. The van der Waals surface area contributed by atoms with E-state index in [9.17, 15) is 14.7 Å². The first-order valence-electron chi connectivity index (χ1n) is 9.15. The molecule has 0 aliphatic carbocycles. The number of hydrogen-bond donors (Lipinski definition) is 2. The molecule has 1 amide bonds. The molecule has 0 spiro atoms. The van der Waals surface area contributed by atoms with Gasteiger partial charge in [0.1, 0.15) is 0 Å². The van der Waals surface area contributed by atoms with Gasteiger partial charge in [-0.3, -0.25) is 9.59 Å². The molecule has 3 N–H and O–H groups in total. The second-order valence-electron chi connectivity index (χ2n) is 7.12. The standard InChI is InChI=1S/C23H19ClN2O3/c24-17-9-5-15(6-10-17)14-26-20-4-2-1-3-19(20)23(29,22(26)28)13-21(27)16-7-11-18(25)12-8-16/h1-12,29H,13-14,25H2/t23-/m0/s1. The van der Waals surface area contributed by atoms with Crippen LogP contribution in [0.25, 0.3) is 0 Å². The van der Waals surface area contributed by atoms with Gasteiger partial charge < -0.3 is 15.7 Å². The molecule has 0 fully saturated rings. The van der Waals surface area contributed by atoms with Crippen molar-refractivity contribution in [3.63, 3.8) is 0 Å². The van der Waals surface area contributed by atoms with Gasteiger partial charge in [0.25, 0.3) is 5.91 Å². The summed E-state index contributed by atoms with van der Waals surface area (Å²) in [7, 11) is 0. The van der Waals surface area contributed by atoms with Crippen molar-refractivity contribution in [3.8, 4) is 0 Å². The van der Waals surface area contributed by atoms with Crippen LogP contribution in [0.4, 0.5) is 11.4 Å². The molecule has 4 rings (SSSR count). The van der Waals surface area contributed by atoms with Crippen LogP contribution in [0.2, 0.25) is 5.02 Å². The number of anilines is 2. The molecule has 5 nitrogen and oxygen atoms in total. The fraction of sp³-hybridized carbons (Fsp3) is 0.130. The predicted molar refractivity (Wildman–Crippen MR) is 113 cm³/mol. The summed E-state index contributed by atoms with van der Waals surface area (Å²) in [4.78, 5) is 27.6. The lowest BCUT2D eigenvalue weighted by molar-refractivity contribution is -0.136. The van der Waals surface area contributed by atoms with Gasteiger partial charge in [0.15, 0.2) is 11.4 Å². The topological polar surface area (TPSA) is 83.6 Å². The highest BCUT2D eigenvalue weighted by Gasteiger charge is 2.50. The largest absolute Gasteiger partial charge is 0.399 e. The monoisotopic (exact) mass is 406 g/mol. The van der Waals surface area contributed by atoms with E-state index < -0.39 is 11.5 Å². The molecular weight excluding hydrogens is 388 g/mol. The number of para-hydroxylation sites is 1. The Labute approximate surface area is 173 Å². The van der Waals surface area contributed by atoms with Gasteiger partial charge in [0.05, 0.1) is 18.7 Å². The number of amides is 1. The summed E-state index contributed by atoms with van der Waals surface area (Å²) >= 11 is 5.94. The number of nitrogens with two attached hydrogens (primary N) is 1. The second kappa shape index (κ2) is 7.35. The zero-order chi connectivity index (χ0) is 20.6. The maximum absolute atomic E-state index is 13.3. The molecule has 0 bridgehead atoms. The fourth-order valence-electron chi connectivity index (χ4n) is 3.61. The van der Waals surface area contributed by atoms with Crippen LogP contribution in [0.15, 0.2) is 72.8 Å². The molecule has 3 aromatic rings. The van der Waals surface area contributed by atoms with E-state index in [4.69, 9.17) is 17.3 Å². The third-order valence-corrected chi connectivity index (χ3v) is 5.39. The van der Waals surface area contributed by atoms with Crippen LogP contribution < -0.4 is 10.6 Å². The zero-order valence-electron chi connectivity index (χ0n) is 15.5. The van der Waals surface area contributed by atoms with Crippen molar-refractivity contribution in [2.75, 3.05) is 10.6 Å². The third kappa shape index (κ3) is 3.50. The summed E-state index contributed by atoms with van der Waals surface area (Å²) < 4.78 is 0. The number of nitrogens with zero attached hydrogens (tertiary/aromatic N) is 1. The SMILES string of the molecule is Nc1ccc(C(=O)C[C@@]2(O)C(=O)N(Cc3ccc(Cl)cc3)c3ccccc32)cc1. The van der Waals surface area contributed by atoms with Crippen molar-refractivity contribution in [1.29, 1.82) is 0 Å². The predicted octanol–water partition coefficient (Wildman–Crippen LogP) is 3.93. The number of carbonyl (C=O) groups excluding carboxylic acids is 2. The minimum atomic E-state index is -1.92. The minimum absolute atomic E-state index is 0.269. The van der Waals surface area contributed by atoms with Gasteiger partial charge in [0.2, 0.25) is 0 Å². The van der Waals surface area contributed by atoms with E-state index in [-0.39, 0.29) is 18.7 Å². The molecule has 0 unspecified atom stereocenters. The number of hydrogen-bond acceptors (Lipinski definition) is 4. The molecule has 0 radical (unpaired) electrons. The molecule has 1 atom stereocenters. The Morgan fingerprint density at radius 3 is 2.34 bits per heavy atom. The Morgan fingerprint density at radius 1 is 1.00 bits per heavy atom. The summed E-state index contributed by atoms with van der Waals surface area (Å²) in [6, 6.07) is 20.6. The number of halogens is 1. The number of Topliss-reactive ketones (excluding diaryl/α,β-unsaturated/α-hetero) is 1. The average molecular weight is 407 g/mol. The Kier molecular flexibility index (Phi) is 4.86. The molecule has 1 heterocycles. The van der Waals surface area contributed by atoms with Gasteiger partial charge in [-0.25, -0.2) is 0 Å². The molecule has 29 heavy (non-hydrogen) atoms. The van der Waals surface area contributed by atoms with Crippen LogP contribution in [0.5, 0.6) is 0 Å². The van der Waals surface area contributed by atoms with Gasteiger partial charge in [-0.1, -0.05) is 41.9 Å². The highest BCUT2D eigenvalue weighted by Crippen LogP contribution is 2.43. The van der Waals surface area contributed by atoms with Crippen molar-refractivity contribution in [1.82, 2.24) is 0 Å². The van der Waals surface area contributed by atoms with E-state index in [1.54, 1.807) is 60.7 Å². The third-order valence-electron chi connectivity index (χ3n) is 5.14. The number of rotatable bonds is 5. The Balaban J connectivity index is 1.66. The zero-order valence-corrected chi connectivity index (χ0v) is 16.3. The lowest BCUT2D eigenvalue weighted by Gasteiger charge is -2.23. The van der Waals surface area contributed by atoms with Gasteiger partial charge in [0, 0.05) is 21.8 Å². The van der Waals surface area contributed by atoms with Gasteiger partial charge in [-0.2, -0.15) is 0 Å². The van der Waals surface area contributed by atoms with Crippen molar-refractivity contribution in [2.24, 2.45) is 0 Å². The van der Waals surface area contributed by atoms with E-state index in [0.29, 0.717) is 27.5 Å². The van der Waals surface area contributed by atoms with Crippen molar-refractivity contribution in [2.45, 2.75) is 18.6 Å². The summed E-state index contributed by atoms with van der Waals surface area (Å²) in [6.45, 7) is 0.269. The van der Waals surface area contributed by atoms with Gasteiger partial charge in [-0.05, 0) is 48.0 Å². The normalized spacial score (nSPS) is 18.0. The van der Waals surface area contributed by atoms with Crippen LogP contribution in [-0.2, 0) is 16.9 Å². The Hall–Kier alpha value is -3.15. The molecule has 0 aromatic heterocycles. The van der Waals surface area contributed by atoms with Crippen molar-refractivity contribution in [3.05, 3.63) is 94.5 Å². The first-order chi connectivity index (χ1) is 13.9. The van der Waals surface area contributed by atoms with E-state index >= 15 is 0 Å². The lowest BCUT2D eigenvalue weighted by Crippen LogP contribution is -2.41. The fourth-order valence-corrected chi connectivity index (χ4v) is 3.74. The number of nitrogen functional groups attached to an aromatic ring is 1. The summed E-state index contributed by atoms with van der Waals surface area (Å²) in [5.41, 5.74) is 6.59. The molecule has 1 aliphatic rings. The minimum Gasteiger partial charge on any atom is -0.399 e. The van der Waals surface area contributed by atoms with Gasteiger partial charge in [-0.15, -0.1) is 0 Å². The highest BCUT2D eigenvalue weighted by atomic mass is 35.5. The van der Waals surface area contributed by atoms with E-state index in [0.717, 1.165) is 5.56 Å². The van der Waals surface area contributed by atoms with Crippen molar-refractivity contribution < 1.29 is 14.7 Å². The Bertz CT molecular complexity index is 1080. The van der Waals surface area contributed by atoms with Crippen LogP contribution in [0.1, 0.15) is 27.9 Å². The van der Waals surface area contributed by atoms with Crippen LogP contribution in [-0.4, -0.2) is 16.8 Å². The molecule has 6 heteroatoms. The van der Waals surface area contributed by atoms with Crippen LogP contribution >= 0.6 is 11.6 Å².